The van der Waals surface area contributed by atoms with Crippen molar-refractivity contribution in [3.8, 4) is 5.75 Å². The van der Waals surface area contributed by atoms with E-state index in [2.05, 4.69) is 9.55 Å². The molecule has 0 N–H and O–H groups in total. The third kappa shape index (κ3) is 2.52. The Bertz CT molecular complexity index is 836. The van der Waals surface area contributed by atoms with Gasteiger partial charge < -0.3 is 9.30 Å². The van der Waals surface area contributed by atoms with Crippen molar-refractivity contribution in [3.05, 3.63) is 70.1 Å². The van der Waals surface area contributed by atoms with E-state index in [1.54, 1.807) is 25.4 Å². The maximum atomic E-state index is 12.0. The highest BCUT2D eigenvalue weighted by Crippen LogP contribution is 2.16. The summed E-state index contributed by atoms with van der Waals surface area (Å²) in [6.45, 7) is 2.60. The SMILES string of the molecule is COc1ccc(Cn2c(C)cc(=O)c3cccnc32)cc1. The van der Waals surface area contributed by atoms with Crippen molar-refractivity contribution in [2.24, 2.45) is 0 Å². The molecule has 106 valence electrons. The number of pyridine rings is 2. The van der Waals surface area contributed by atoms with Gasteiger partial charge in [-0.2, -0.15) is 0 Å². The van der Waals surface area contributed by atoms with Gasteiger partial charge in [0.1, 0.15) is 11.4 Å². The Kier molecular flexibility index (Phi) is 3.44. The summed E-state index contributed by atoms with van der Waals surface area (Å²) in [5.74, 6) is 0.832. The molecule has 0 aliphatic carbocycles. The smallest absolute Gasteiger partial charge is 0.191 e. The standard InChI is InChI=1S/C17H16N2O2/c1-12-10-16(20)15-4-3-9-18-17(15)19(12)11-13-5-7-14(21-2)8-6-13/h3-10H,11H2,1-2H3. The molecule has 0 radical (unpaired) electrons. The van der Waals surface area contributed by atoms with Gasteiger partial charge in [0, 0.05) is 24.5 Å². The van der Waals surface area contributed by atoms with Crippen LogP contribution in [0.3, 0.4) is 0 Å². The Labute approximate surface area is 122 Å². The van der Waals surface area contributed by atoms with Crippen LogP contribution in [0.1, 0.15) is 11.3 Å². The Balaban J connectivity index is 2.09. The molecule has 0 unspecified atom stereocenters. The van der Waals surface area contributed by atoms with Crippen LogP contribution in [0.5, 0.6) is 5.75 Å². The van der Waals surface area contributed by atoms with E-state index in [1.165, 1.54) is 0 Å². The molecule has 2 heterocycles. The van der Waals surface area contributed by atoms with Crippen LogP contribution in [-0.2, 0) is 6.54 Å². The molecule has 0 aliphatic heterocycles. The first kappa shape index (κ1) is 13.4. The third-order valence-electron chi connectivity index (χ3n) is 3.57. The zero-order valence-corrected chi connectivity index (χ0v) is 12.0. The van der Waals surface area contributed by atoms with E-state index in [0.29, 0.717) is 11.9 Å². The first-order chi connectivity index (χ1) is 10.2. The van der Waals surface area contributed by atoms with Gasteiger partial charge in [-0.1, -0.05) is 12.1 Å². The highest BCUT2D eigenvalue weighted by atomic mass is 16.5. The van der Waals surface area contributed by atoms with Crippen molar-refractivity contribution in [2.45, 2.75) is 13.5 Å². The summed E-state index contributed by atoms with van der Waals surface area (Å²) >= 11 is 0. The van der Waals surface area contributed by atoms with Crippen molar-refractivity contribution in [1.29, 1.82) is 0 Å². The number of ether oxygens (including phenoxy) is 1. The molecule has 3 rings (SSSR count). The highest BCUT2D eigenvalue weighted by Gasteiger charge is 2.07. The highest BCUT2D eigenvalue weighted by molar-refractivity contribution is 5.75. The number of benzene rings is 1. The largest absolute Gasteiger partial charge is 0.497 e. The molecule has 1 aromatic carbocycles. The van der Waals surface area contributed by atoms with Crippen LogP contribution in [0.2, 0.25) is 0 Å². The molecule has 0 saturated carbocycles. The van der Waals surface area contributed by atoms with Gasteiger partial charge in [0.2, 0.25) is 0 Å². The van der Waals surface area contributed by atoms with Crippen LogP contribution in [-0.4, -0.2) is 16.7 Å². The molecule has 4 nitrogen and oxygen atoms in total. The number of nitrogens with zero attached hydrogens (tertiary/aromatic N) is 2. The van der Waals surface area contributed by atoms with E-state index in [-0.39, 0.29) is 5.43 Å². The minimum absolute atomic E-state index is 0.0154. The minimum Gasteiger partial charge on any atom is -0.497 e. The fraction of sp³-hybridized carbons (Fsp3) is 0.176. The summed E-state index contributed by atoms with van der Waals surface area (Å²) in [6.07, 6.45) is 1.71. The quantitative estimate of drug-likeness (QED) is 0.741. The van der Waals surface area contributed by atoms with Crippen LogP contribution < -0.4 is 10.2 Å². The first-order valence-electron chi connectivity index (χ1n) is 6.77. The van der Waals surface area contributed by atoms with Gasteiger partial charge in [-0.15, -0.1) is 0 Å². The summed E-state index contributed by atoms with van der Waals surface area (Å²) in [5.41, 5.74) is 2.77. The van der Waals surface area contributed by atoms with Gasteiger partial charge in [0.05, 0.1) is 12.5 Å². The number of methoxy groups -OCH3 is 1. The normalized spacial score (nSPS) is 10.8. The minimum atomic E-state index is 0.0154. The van der Waals surface area contributed by atoms with E-state index in [4.69, 9.17) is 4.74 Å². The maximum Gasteiger partial charge on any atom is 0.191 e. The molecule has 2 aromatic heterocycles. The van der Waals surface area contributed by atoms with Crippen molar-refractivity contribution in [3.63, 3.8) is 0 Å². The van der Waals surface area contributed by atoms with Crippen LogP contribution in [0, 0.1) is 6.92 Å². The van der Waals surface area contributed by atoms with Crippen molar-refractivity contribution >= 4 is 11.0 Å². The molecule has 0 bridgehead atoms. The number of rotatable bonds is 3. The second kappa shape index (κ2) is 5.40. The lowest BCUT2D eigenvalue weighted by molar-refractivity contribution is 0.414. The van der Waals surface area contributed by atoms with Gasteiger partial charge in [0.15, 0.2) is 5.43 Å². The topological polar surface area (TPSA) is 44.1 Å². The molecule has 21 heavy (non-hydrogen) atoms. The number of hydrogen-bond acceptors (Lipinski definition) is 3. The summed E-state index contributed by atoms with van der Waals surface area (Å²) in [7, 11) is 1.65. The van der Waals surface area contributed by atoms with Gasteiger partial charge in [-0.3, -0.25) is 4.79 Å². The molecule has 4 heteroatoms. The summed E-state index contributed by atoms with van der Waals surface area (Å²) < 4.78 is 7.22. The van der Waals surface area contributed by atoms with Crippen LogP contribution in [0.25, 0.3) is 11.0 Å². The first-order valence-corrected chi connectivity index (χ1v) is 6.77. The van der Waals surface area contributed by atoms with E-state index in [9.17, 15) is 4.79 Å². The van der Waals surface area contributed by atoms with Crippen molar-refractivity contribution in [1.82, 2.24) is 9.55 Å². The lowest BCUT2D eigenvalue weighted by Crippen LogP contribution is -2.13. The van der Waals surface area contributed by atoms with Crippen LogP contribution in [0.4, 0.5) is 0 Å². The lowest BCUT2D eigenvalue weighted by atomic mass is 10.2. The summed E-state index contributed by atoms with van der Waals surface area (Å²) in [4.78, 5) is 16.4. The van der Waals surface area contributed by atoms with Crippen LogP contribution >= 0.6 is 0 Å². The average molecular weight is 280 g/mol. The molecule has 0 atom stereocenters. The Morgan fingerprint density at radius 1 is 1.19 bits per heavy atom. The van der Waals surface area contributed by atoms with Gasteiger partial charge >= 0.3 is 0 Å². The van der Waals surface area contributed by atoms with Crippen LogP contribution in [0.15, 0.2) is 53.5 Å². The Morgan fingerprint density at radius 2 is 1.95 bits per heavy atom. The number of aromatic nitrogens is 2. The number of fused-ring (bicyclic) bond motifs is 1. The summed E-state index contributed by atoms with van der Waals surface area (Å²) in [6, 6.07) is 13.2. The van der Waals surface area contributed by atoms with E-state index < -0.39 is 0 Å². The fourth-order valence-electron chi connectivity index (χ4n) is 2.43. The van der Waals surface area contributed by atoms with E-state index in [0.717, 1.165) is 22.7 Å². The molecular formula is C17H16N2O2. The number of hydrogen-bond donors (Lipinski definition) is 0. The van der Waals surface area contributed by atoms with Gasteiger partial charge in [0.25, 0.3) is 0 Å². The molecule has 0 aliphatic rings. The van der Waals surface area contributed by atoms with E-state index in [1.807, 2.05) is 37.3 Å². The van der Waals surface area contributed by atoms with Crippen molar-refractivity contribution in [2.75, 3.05) is 7.11 Å². The van der Waals surface area contributed by atoms with Gasteiger partial charge in [-0.25, -0.2) is 4.98 Å². The third-order valence-corrected chi connectivity index (χ3v) is 3.57. The molecule has 3 aromatic rings. The lowest BCUT2D eigenvalue weighted by Gasteiger charge is -2.14. The van der Waals surface area contributed by atoms with Crippen molar-refractivity contribution < 1.29 is 4.74 Å². The molecular weight excluding hydrogens is 264 g/mol. The van der Waals surface area contributed by atoms with Gasteiger partial charge in [-0.05, 0) is 36.8 Å². The average Bonchev–Trinajstić information content (AvgIpc) is 2.52. The predicted octanol–water partition coefficient (Wildman–Crippen LogP) is 2.76. The molecule has 0 amide bonds. The maximum absolute atomic E-state index is 12.0. The zero-order chi connectivity index (χ0) is 14.8. The zero-order valence-electron chi connectivity index (χ0n) is 12.0. The van der Waals surface area contributed by atoms with E-state index >= 15 is 0 Å². The number of aryl methyl sites for hydroxylation is 1. The Morgan fingerprint density at radius 3 is 2.67 bits per heavy atom. The molecule has 0 spiro atoms. The molecule has 0 fully saturated rings. The fourth-order valence-corrected chi connectivity index (χ4v) is 2.43. The monoisotopic (exact) mass is 280 g/mol. The predicted molar refractivity (Wildman–Crippen MR) is 82.8 cm³/mol. The Hall–Kier alpha value is -2.62. The molecule has 0 saturated heterocycles. The summed E-state index contributed by atoms with van der Waals surface area (Å²) in [5, 5.41) is 0.650. The second-order valence-electron chi connectivity index (χ2n) is 4.96. The second-order valence-corrected chi connectivity index (χ2v) is 4.96.